The zero-order valence-electron chi connectivity index (χ0n) is 7.25. The Bertz CT molecular complexity index is 157. The van der Waals surface area contributed by atoms with Crippen LogP contribution in [0.4, 0.5) is 0 Å². The maximum Gasteiger partial charge on any atom is 1.00 e. The van der Waals surface area contributed by atoms with Gasteiger partial charge in [0.1, 0.15) is 0 Å². The summed E-state index contributed by atoms with van der Waals surface area (Å²) in [5.74, 6) is 0. The molecule has 2 rings (SSSR count). The standard InChI is InChI=1S/2C3H3N2.2Na/c2*1-2-5-3-4-1;;/h2*1-3H;;/q2*-1;2*+1. The van der Waals surface area contributed by atoms with Gasteiger partial charge in [-0.05, 0) is 0 Å². The van der Waals surface area contributed by atoms with Gasteiger partial charge in [0.05, 0.1) is 0 Å². The molecule has 0 aliphatic carbocycles. The number of hydrogen-bond acceptors (Lipinski definition) is 2. The first kappa shape index (κ1) is 14.9. The number of imidazole rings is 2. The summed E-state index contributed by atoms with van der Waals surface area (Å²) in [6.45, 7) is 0. The molecule has 2 aromatic heterocycles. The van der Waals surface area contributed by atoms with Crippen molar-refractivity contribution >= 4 is 0 Å². The van der Waals surface area contributed by atoms with Crippen LogP contribution in [0, 0.1) is 0 Å². The van der Waals surface area contributed by atoms with Crippen LogP contribution in [-0.2, 0) is 0 Å². The molecule has 0 saturated carbocycles. The van der Waals surface area contributed by atoms with Crippen molar-refractivity contribution < 1.29 is 59.1 Å². The van der Waals surface area contributed by atoms with E-state index < -0.39 is 0 Å². The second kappa shape index (κ2) is 11.4. The maximum atomic E-state index is 3.61. The largest absolute Gasteiger partial charge is 1.00 e. The second-order valence-corrected chi connectivity index (χ2v) is 1.42. The first-order valence-corrected chi connectivity index (χ1v) is 2.73. The maximum absolute atomic E-state index is 3.61. The number of nitrogens with zero attached hydrogens (tertiary/aromatic N) is 4. The Morgan fingerprint density at radius 2 is 1.17 bits per heavy atom. The van der Waals surface area contributed by atoms with E-state index in [0.29, 0.717) is 0 Å². The van der Waals surface area contributed by atoms with Gasteiger partial charge in [-0.25, -0.2) is 0 Å². The van der Waals surface area contributed by atoms with Crippen LogP contribution in [0.5, 0.6) is 0 Å². The van der Waals surface area contributed by atoms with Gasteiger partial charge in [-0.15, -0.1) is 0 Å². The molecule has 0 amide bonds. The smallest absolute Gasteiger partial charge is 0.450 e. The van der Waals surface area contributed by atoms with Gasteiger partial charge in [0, 0.05) is 0 Å². The van der Waals surface area contributed by atoms with Crippen LogP contribution < -0.4 is 69.1 Å². The first-order valence-electron chi connectivity index (χ1n) is 2.73. The third-order valence-corrected chi connectivity index (χ3v) is 0.744. The molecule has 0 spiro atoms. The van der Waals surface area contributed by atoms with E-state index in [4.69, 9.17) is 0 Å². The fraction of sp³-hybridized carbons (Fsp3) is 0. The average molecular weight is 180 g/mol. The summed E-state index contributed by atoms with van der Waals surface area (Å²) >= 11 is 0. The summed E-state index contributed by atoms with van der Waals surface area (Å²) in [5, 5.41) is 0. The summed E-state index contributed by atoms with van der Waals surface area (Å²) in [4.78, 5) is 14.4. The summed E-state index contributed by atoms with van der Waals surface area (Å²) in [5.41, 5.74) is 0. The quantitative estimate of drug-likeness (QED) is 0.379. The van der Waals surface area contributed by atoms with Gasteiger partial charge in [-0.1, -0.05) is 37.4 Å². The summed E-state index contributed by atoms with van der Waals surface area (Å²) in [6.07, 6.45) is 9.56. The molecule has 4 nitrogen and oxygen atoms in total. The van der Waals surface area contributed by atoms with E-state index in [9.17, 15) is 0 Å². The Morgan fingerprint density at radius 1 is 0.750 bits per heavy atom. The van der Waals surface area contributed by atoms with Crippen LogP contribution in [0.15, 0.2) is 37.4 Å². The van der Waals surface area contributed by atoms with Gasteiger partial charge in [-0.2, -0.15) is 0 Å². The second-order valence-electron chi connectivity index (χ2n) is 1.42. The third-order valence-electron chi connectivity index (χ3n) is 0.744. The van der Waals surface area contributed by atoms with Gasteiger partial charge in [0.25, 0.3) is 0 Å². The number of aromatic nitrogens is 4. The molecule has 0 unspecified atom stereocenters. The van der Waals surface area contributed by atoms with Crippen molar-refractivity contribution in [2.75, 3.05) is 0 Å². The van der Waals surface area contributed by atoms with Gasteiger partial charge >= 0.3 is 59.1 Å². The van der Waals surface area contributed by atoms with E-state index in [0.717, 1.165) is 0 Å². The van der Waals surface area contributed by atoms with Gasteiger partial charge in [0.2, 0.25) is 0 Å². The molecule has 52 valence electrons. The molecule has 0 aromatic carbocycles. The Hall–Kier alpha value is 0.420. The zero-order chi connectivity index (χ0) is 7.07. The minimum absolute atomic E-state index is 0. The molecule has 0 aliphatic rings. The Balaban J connectivity index is 0. The molecular weight excluding hydrogens is 174 g/mol. The molecule has 2 heterocycles. The molecule has 2 aromatic rings. The van der Waals surface area contributed by atoms with E-state index in [1.54, 1.807) is 24.8 Å². The summed E-state index contributed by atoms with van der Waals surface area (Å²) in [6, 6.07) is 0. The van der Waals surface area contributed by atoms with E-state index in [1.165, 1.54) is 12.7 Å². The van der Waals surface area contributed by atoms with Gasteiger partial charge < -0.3 is 19.9 Å². The minimum Gasteiger partial charge on any atom is -0.450 e. The van der Waals surface area contributed by atoms with Gasteiger partial charge in [-0.3, -0.25) is 0 Å². The minimum atomic E-state index is 0. The van der Waals surface area contributed by atoms with Crippen molar-refractivity contribution in [2.24, 2.45) is 0 Å². The van der Waals surface area contributed by atoms with Crippen LogP contribution in [0.2, 0.25) is 0 Å². The molecule has 12 heavy (non-hydrogen) atoms. The molecule has 0 bridgehead atoms. The Kier molecular flexibility index (Phi) is 14.2. The number of hydrogen-bond donors (Lipinski definition) is 0. The molecule has 0 aliphatic heterocycles. The summed E-state index contributed by atoms with van der Waals surface area (Å²) in [7, 11) is 0. The molecule has 6 heteroatoms. The van der Waals surface area contributed by atoms with Crippen LogP contribution >= 0.6 is 0 Å². The molecule has 0 atom stereocenters. The fourth-order valence-electron chi connectivity index (χ4n) is 0.385. The van der Waals surface area contributed by atoms with E-state index in [1.807, 2.05) is 0 Å². The predicted octanol–water partition coefficient (Wildman–Crippen LogP) is -5.91. The first-order chi connectivity index (χ1) is 5.00. The number of rotatable bonds is 0. The predicted molar refractivity (Wildman–Crippen MR) is 35.1 cm³/mol. The van der Waals surface area contributed by atoms with Crippen LogP contribution in [0.3, 0.4) is 0 Å². The van der Waals surface area contributed by atoms with Crippen LogP contribution in [-0.4, -0.2) is 9.97 Å². The van der Waals surface area contributed by atoms with Crippen LogP contribution in [0.25, 0.3) is 0 Å². The van der Waals surface area contributed by atoms with E-state index >= 15 is 0 Å². The van der Waals surface area contributed by atoms with E-state index in [-0.39, 0.29) is 59.1 Å². The SMILES string of the molecule is [Na+].[Na+].c1c[n-]cn1.c1c[n-]cn1. The van der Waals surface area contributed by atoms with Crippen molar-refractivity contribution in [3.63, 3.8) is 0 Å². The molecule has 0 saturated heterocycles. The van der Waals surface area contributed by atoms with E-state index in [2.05, 4.69) is 19.9 Å². The van der Waals surface area contributed by atoms with Crippen molar-refractivity contribution in [2.45, 2.75) is 0 Å². The molecule has 0 radical (unpaired) electrons. The van der Waals surface area contributed by atoms with Crippen molar-refractivity contribution in [1.82, 2.24) is 19.9 Å². The molecule has 0 N–H and O–H groups in total. The van der Waals surface area contributed by atoms with Crippen molar-refractivity contribution in [3.05, 3.63) is 37.4 Å². The zero-order valence-corrected chi connectivity index (χ0v) is 11.3. The molecular formula is C6H6N4Na2. The topological polar surface area (TPSA) is 54.0 Å². The third kappa shape index (κ3) is 8.52. The molecule has 0 fully saturated rings. The monoisotopic (exact) mass is 180 g/mol. The van der Waals surface area contributed by atoms with Crippen molar-refractivity contribution in [3.8, 4) is 0 Å². The van der Waals surface area contributed by atoms with Crippen LogP contribution in [0.1, 0.15) is 0 Å². The van der Waals surface area contributed by atoms with Gasteiger partial charge in [0.15, 0.2) is 0 Å². The Labute approximate surface area is 115 Å². The fourth-order valence-corrected chi connectivity index (χ4v) is 0.385. The van der Waals surface area contributed by atoms with Crippen molar-refractivity contribution in [1.29, 1.82) is 0 Å². The Morgan fingerprint density at radius 3 is 1.25 bits per heavy atom. The average Bonchev–Trinajstić information content (AvgIpc) is 2.67. The summed E-state index contributed by atoms with van der Waals surface area (Å²) < 4.78 is 0. The normalized spacial score (nSPS) is 6.67.